The van der Waals surface area contributed by atoms with Crippen LogP contribution in [-0.4, -0.2) is 16.1 Å². The first kappa shape index (κ1) is 21.8. The van der Waals surface area contributed by atoms with Crippen LogP contribution in [0.3, 0.4) is 0 Å². The van der Waals surface area contributed by atoms with Crippen molar-refractivity contribution in [2.45, 2.75) is 13.5 Å². The van der Waals surface area contributed by atoms with Crippen LogP contribution in [0.15, 0.2) is 104 Å². The van der Waals surface area contributed by atoms with Gasteiger partial charge in [-0.1, -0.05) is 55.1 Å². The van der Waals surface area contributed by atoms with Crippen LogP contribution < -0.4 is 9.64 Å². The van der Waals surface area contributed by atoms with Crippen LogP contribution in [0.4, 0.5) is 5.69 Å². The van der Waals surface area contributed by atoms with Crippen molar-refractivity contribution in [1.29, 1.82) is 0 Å². The molecule has 0 aliphatic carbocycles. The van der Waals surface area contributed by atoms with Gasteiger partial charge in [-0.05, 0) is 60.5 Å². The van der Waals surface area contributed by atoms with Gasteiger partial charge in [0.25, 0.3) is 0 Å². The van der Waals surface area contributed by atoms with Crippen molar-refractivity contribution in [3.63, 3.8) is 0 Å². The summed E-state index contributed by atoms with van der Waals surface area (Å²) in [4.78, 5) is 17.9. The highest BCUT2D eigenvalue weighted by atomic mass is 16.5. The van der Waals surface area contributed by atoms with Gasteiger partial charge in [-0.25, -0.2) is 4.79 Å². The third kappa shape index (κ3) is 5.28. The second-order valence-corrected chi connectivity index (χ2v) is 7.61. The van der Waals surface area contributed by atoms with Gasteiger partial charge in [0.1, 0.15) is 11.5 Å². The molecule has 5 nitrogen and oxygen atoms in total. The summed E-state index contributed by atoms with van der Waals surface area (Å²) in [5, 5.41) is 9.37. The molecule has 3 aromatic carbocycles. The van der Waals surface area contributed by atoms with E-state index in [-0.39, 0.29) is 5.56 Å². The minimum absolute atomic E-state index is 0.174. The number of para-hydroxylation sites is 2. The minimum atomic E-state index is -0.997. The summed E-state index contributed by atoms with van der Waals surface area (Å²) < 4.78 is 5.90. The fraction of sp³-hybridized carbons (Fsp3) is 0.0714. The first-order valence-corrected chi connectivity index (χ1v) is 10.5. The van der Waals surface area contributed by atoms with Crippen molar-refractivity contribution in [3.8, 4) is 11.5 Å². The molecule has 1 heterocycles. The fourth-order valence-corrected chi connectivity index (χ4v) is 3.52. The molecule has 4 aromatic rings. The Morgan fingerprint density at radius 1 is 0.939 bits per heavy atom. The standard InChI is InChI=1S/C28H24N2O3/c1-20-8-6-7-11-27(20)30(21(2)26-18-23(28(31)32)16-17-29-26)19-22-12-14-25(15-13-22)33-24-9-4-3-5-10-24/h3-18H,2,19H2,1H3,(H,31,32). The monoisotopic (exact) mass is 436 g/mol. The molecule has 0 aliphatic rings. The van der Waals surface area contributed by atoms with E-state index < -0.39 is 5.97 Å². The summed E-state index contributed by atoms with van der Waals surface area (Å²) in [6.45, 7) is 6.83. The van der Waals surface area contributed by atoms with E-state index in [0.717, 1.165) is 28.3 Å². The maximum absolute atomic E-state index is 11.4. The summed E-state index contributed by atoms with van der Waals surface area (Å²) >= 11 is 0. The van der Waals surface area contributed by atoms with E-state index in [1.165, 1.54) is 12.3 Å². The molecular weight excluding hydrogens is 412 g/mol. The summed E-state index contributed by atoms with van der Waals surface area (Å²) in [6, 6.07) is 28.6. The molecule has 0 saturated heterocycles. The molecule has 5 heteroatoms. The van der Waals surface area contributed by atoms with Gasteiger partial charge in [0, 0.05) is 18.4 Å². The van der Waals surface area contributed by atoms with Crippen LogP contribution in [-0.2, 0) is 6.54 Å². The molecule has 0 fully saturated rings. The Hall–Kier alpha value is -4.38. The minimum Gasteiger partial charge on any atom is -0.478 e. The number of aromatic carboxylic acids is 1. The maximum Gasteiger partial charge on any atom is 0.335 e. The van der Waals surface area contributed by atoms with Gasteiger partial charge >= 0.3 is 5.97 Å². The molecule has 0 spiro atoms. The predicted molar refractivity (Wildman–Crippen MR) is 131 cm³/mol. The molecule has 0 unspecified atom stereocenters. The Morgan fingerprint density at radius 2 is 1.61 bits per heavy atom. The summed E-state index contributed by atoms with van der Waals surface area (Å²) in [5.74, 6) is 0.537. The van der Waals surface area contributed by atoms with Gasteiger partial charge in [0.2, 0.25) is 0 Å². The molecule has 164 valence electrons. The smallest absolute Gasteiger partial charge is 0.335 e. The SMILES string of the molecule is C=C(c1cc(C(=O)O)ccn1)N(Cc1ccc(Oc2ccccc2)cc1)c1ccccc1C. The lowest BCUT2D eigenvalue weighted by Crippen LogP contribution is -2.22. The lowest BCUT2D eigenvalue weighted by atomic mass is 10.1. The number of hydrogen-bond donors (Lipinski definition) is 1. The molecule has 1 N–H and O–H groups in total. The zero-order chi connectivity index (χ0) is 23.2. The number of anilines is 1. The van der Waals surface area contributed by atoms with E-state index in [9.17, 15) is 9.90 Å². The lowest BCUT2D eigenvalue weighted by molar-refractivity contribution is 0.0696. The second kappa shape index (κ2) is 9.83. The largest absolute Gasteiger partial charge is 0.478 e. The van der Waals surface area contributed by atoms with E-state index in [4.69, 9.17) is 4.74 Å². The number of carboxylic acids is 1. The van der Waals surface area contributed by atoms with E-state index in [1.54, 1.807) is 6.07 Å². The number of carbonyl (C=O) groups is 1. The number of benzene rings is 3. The fourth-order valence-electron chi connectivity index (χ4n) is 3.52. The van der Waals surface area contributed by atoms with Crippen LogP contribution in [0.25, 0.3) is 5.70 Å². The lowest BCUT2D eigenvalue weighted by Gasteiger charge is -2.28. The quantitative estimate of drug-likeness (QED) is 0.339. The van der Waals surface area contributed by atoms with Gasteiger partial charge in [0.15, 0.2) is 0 Å². The average Bonchev–Trinajstić information content (AvgIpc) is 2.84. The highest BCUT2D eigenvalue weighted by Gasteiger charge is 2.17. The summed E-state index contributed by atoms with van der Waals surface area (Å²) in [5.41, 5.74) is 4.42. The Labute approximate surface area is 193 Å². The maximum atomic E-state index is 11.4. The van der Waals surface area contributed by atoms with Crippen molar-refractivity contribution < 1.29 is 14.6 Å². The van der Waals surface area contributed by atoms with E-state index >= 15 is 0 Å². The Balaban J connectivity index is 1.62. The van der Waals surface area contributed by atoms with Crippen LogP contribution in [0.2, 0.25) is 0 Å². The molecule has 0 aliphatic heterocycles. The van der Waals surface area contributed by atoms with Crippen molar-refractivity contribution in [1.82, 2.24) is 4.98 Å². The summed E-state index contributed by atoms with van der Waals surface area (Å²) in [6.07, 6.45) is 1.50. The van der Waals surface area contributed by atoms with Crippen molar-refractivity contribution >= 4 is 17.4 Å². The molecule has 1 aromatic heterocycles. The van der Waals surface area contributed by atoms with Gasteiger partial charge < -0.3 is 14.7 Å². The van der Waals surface area contributed by atoms with Gasteiger partial charge in [0.05, 0.1) is 17.0 Å². The molecule has 0 bridgehead atoms. The Bertz CT molecular complexity index is 1270. The molecule has 0 amide bonds. The molecular formula is C28H24N2O3. The van der Waals surface area contributed by atoms with E-state index in [1.807, 2.05) is 85.8 Å². The normalized spacial score (nSPS) is 10.5. The Morgan fingerprint density at radius 3 is 2.30 bits per heavy atom. The number of aryl methyl sites for hydroxylation is 1. The molecule has 0 radical (unpaired) electrons. The van der Waals surface area contributed by atoms with Crippen LogP contribution in [0.1, 0.15) is 27.2 Å². The van der Waals surface area contributed by atoms with Crippen LogP contribution >= 0.6 is 0 Å². The van der Waals surface area contributed by atoms with Gasteiger partial charge in [-0.15, -0.1) is 0 Å². The topological polar surface area (TPSA) is 62.7 Å². The number of ether oxygens (including phenoxy) is 1. The molecule has 33 heavy (non-hydrogen) atoms. The third-order valence-corrected chi connectivity index (χ3v) is 5.28. The number of aromatic nitrogens is 1. The zero-order valence-corrected chi connectivity index (χ0v) is 18.3. The van der Waals surface area contributed by atoms with Gasteiger partial charge in [-0.2, -0.15) is 0 Å². The highest BCUT2D eigenvalue weighted by molar-refractivity contribution is 5.89. The van der Waals surface area contributed by atoms with E-state index in [0.29, 0.717) is 17.9 Å². The number of nitrogens with zero attached hydrogens (tertiary/aromatic N) is 2. The van der Waals surface area contributed by atoms with Crippen LogP contribution in [0, 0.1) is 6.92 Å². The van der Waals surface area contributed by atoms with Crippen molar-refractivity contribution in [3.05, 3.63) is 126 Å². The van der Waals surface area contributed by atoms with Crippen molar-refractivity contribution in [2.24, 2.45) is 0 Å². The molecule has 4 rings (SSSR count). The van der Waals surface area contributed by atoms with E-state index in [2.05, 4.69) is 16.5 Å². The second-order valence-electron chi connectivity index (χ2n) is 7.61. The molecule has 0 atom stereocenters. The first-order valence-electron chi connectivity index (χ1n) is 10.5. The highest BCUT2D eigenvalue weighted by Crippen LogP contribution is 2.30. The number of rotatable bonds is 8. The number of hydrogen-bond acceptors (Lipinski definition) is 4. The van der Waals surface area contributed by atoms with Crippen molar-refractivity contribution in [2.75, 3.05) is 4.90 Å². The molecule has 0 saturated carbocycles. The number of pyridine rings is 1. The predicted octanol–water partition coefficient (Wildman–Crippen LogP) is 6.56. The van der Waals surface area contributed by atoms with Crippen LogP contribution in [0.5, 0.6) is 11.5 Å². The summed E-state index contributed by atoms with van der Waals surface area (Å²) in [7, 11) is 0. The zero-order valence-electron chi connectivity index (χ0n) is 18.3. The third-order valence-electron chi connectivity index (χ3n) is 5.28. The van der Waals surface area contributed by atoms with Gasteiger partial charge in [-0.3, -0.25) is 4.98 Å². The number of carboxylic acid groups (broad SMARTS) is 1. The Kier molecular flexibility index (Phi) is 6.51. The average molecular weight is 437 g/mol. The first-order chi connectivity index (χ1) is 16.0.